The lowest BCUT2D eigenvalue weighted by atomic mass is 9.83. The number of rotatable bonds is 6. The number of piperidine rings is 1. The summed E-state index contributed by atoms with van der Waals surface area (Å²) in [6.07, 6.45) is 6.00. The van der Waals surface area contributed by atoms with Gasteiger partial charge in [0.15, 0.2) is 0 Å². The van der Waals surface area contributed by atoms with Gasteiger partial charge in [-0.1, -0.05) is 19.8 Å². The molecule has 0 amide bonds. The standard InChI is InChI=1S/C14H27NO2/c1-4-5-6-7-13(16)17-14(2,3)12-8-10-15-11-9-12/h12,15H,4-11H2,1-3H3. The molecule has 0 atom stereocenters. The van der Waals surface area contributed by atoms with Gasteiger partial charge in [-0.2, -0.15) is 0 Å². The van der Waals surface area contributed by atoms with Gasteiger partial charge in [0.05, 0.1) is 0 Å². The summed E-state index contributed by atoms with van der Waals surface area (Å²) >= 11 is 0. The molecule has 0 aromatic rings. The molecule has 1 heterocycles. The molecule has 3 nitrogen and oxygen atoms in total. The first-order valence-electron chi connectivity index (χ1n) is 6.99. The van der Waals surface area contributed by atoms with Crippen molar-refractivity contribution in [3.05, 3.63) is 0 Å². The summed E-state index contributed by atoms with van der Waals surface area (Å²) in [5.74, 6) is 0.473. The van der Waals surface area contributed by atoms with E-state index in [0.29, 0.717) is 12.3 Å². The van der Waals surface area contributed by atoms with Crippen LogP contribution in [-0.2, 0) is 9.53 Å². The van der Waals surface area contributed by atoms with Gasteiger partial charge in [0, 0.05) is 12.3 Å². The Balaban J connectivity index is 2.33. The van der Waals surface area contributed by atoms with Crippen molar-refractivity contribution in [3.8, 4) is 0 Å². The van der Waals surface area contributed by atoms with E-state index in [0.717, 1.165) is 45.2 Å². The van der Waals surface area contributed by atoms with E-state index in [-0.39, 0.29) is 11.6 Å². The van der Waals surface area contributed by atoms with Crippen LogP contribution in [-0.4, -0.2) is 24.7 Å². The van der Waals surface area contributed by atoms with Crippen molar-refractivity contribution in [3.63, 3.8) is 0 Å². The normalized spacial score (nSPS) is 18.1. The van der Waals surface area contributed by atoms with E-state index < -0.39 is 0 Å². The lowest BCUT2D eigenvalue weighted by Gasteiger charge is -2.36. The maximum atomic E-state index is 11.7. The molecule has 1 saturated heterocycles. The monoisotopic (exact) mass is 241 g/mol. The summed E-state index contributed by atoms with van der Waals surface area (Å²) in [6, 6.07) is 0. The Morgan fingerprint density at radius 2 is 1.94 bits per heavy atom. The van der Waals surface area contributed by atoms with Crippen LogP contribution in [0, 0.1) is 5.92 Å². The smallest absolute Gasteiger partial charge is 0.306 e. The zero-order chi connectivity index (χ0) is 12.7. The third-order valence-electron chi connectivity index (χ3n) is 3.68. The van der Waals surface area contributed by atoms with Gasteiger partial charge in [0.25, 0.3) is 0 Å². The van der Waals surface area contributed by atoms with Gasteiger partial charge in [-0.25, -0.2) is 0 Å². The van der Waals surface area contributed by atoms with Crippen LogP contribution in [0.3, 0.4) is 0 Å². The second-order valence-corrected chi connectivity index (χ2v) is 5.56. The van der Waals surface area contributed by atoms with Crippen LogP contribution >= 0.6 is 0 Å². The number of ether oxygens (including phenoxy) is 1. The molecule has 0 unspecified atom stereocenters. The molecule has 0 aliphatic carbocycles. The maximum Gasteiger partial charge on any atom is 0.306 e. The first kappa shape index (κ1) is 14.5. The molecule has 1 N–H and O–H groups in total. The molecule has 1 rings (SSSR count). The lowest BCUT2D eigenvalue weighted by molar-refractivity contribution is -0.162. The van der Waals surface area contributed by atoms with Gasteiger partial charge >= 0.3 is 5.97 Å². The Bertz CT molecular complexity index is 232. The second-order valence-electron chi connectivity index (χ2n) is 5.56. The van der Waals surface area contributed by atoms with Crippen molar-refractivity contribution in [1.82, 2.24) is 5.32 Å². The summed E-state index contributed by atoms with van der Waals surface area (Å²) in [6.45, 7) is 8.34. The molecule has 1 aliphatic rings. The molecule has 100 valence electrons. The lowest BCUT2D eigenvalue weighted by Crippen LogP contribution is -2.42. The van der Waals surface area contributed by atoms with Gasteiger partial charge in [0.1, 0.15) is 5.60 Å². The average molecular weight is 241 g/mol. The number of hydrogen-bond acceptors (Lipinski definition) is 3. The molecule has 1 fully saturated rings. The minimum Gasteiger partial charge on any atom is -0.459 e. The third-order valence-corrected chi connectivity index (χ3v) is 3.68. The van der Waals surface area contributed by atoms with Crippen molar-refractivity contribution in [1.29, 1.82) is 0 Å². The highest BCUT2D eigenvalue weighted by Gasteiger charge is 2.33. The van der Waals surface area contributed by atoms with E-state index in [4.69, 9.17) is 4.74 Å². The van der Waals surface area contributed by atoms with E-state index in [1.165, 1.54) is 0 Å². The molecule has 0 bridgehead atoms. The van der Waals surface area contributed by atoms with Crippen LogP contribution in [0.1, 0.15) is 59.3 Å². The van der Waals surface area contributed by atoms with Crippen LogP contribution in [0.15, 0.2) is 0 Å². The van der Waals surface area contributed by atoms with Crippen molar-refractivity contribution in [2.45, 2.75) is 64.9 Å². The molecule has 1 aliphatic heterocycles. The summed E-state index contributed by atoms with van der Waals surface area (Å²) in [5.41, 5.74) is -0.300. The molecule has 0 aromatic heterocycles. The SMILES string of the molecule is CCCCCC(=O)OC(C)(C)C1CCNCC1. The highest BCUT2D eigenvalue weighted by Crippen LogP contribution is 2.29. The Kier molecular flexibility index (Phi) is 5.96. The molecule has 0 saturated carbocycles. The van der Waals surface area contributed by atoms with Crippen molar-refractivity contribution >= 4 is 5.97 Å². The summed E-state index contributed by atoms with van der Waals surface area (Å²) in [7, 11) is 0. The minimum absolute atomic E-state index is 0.0259. The Morgan fingerprint density at radius 3 is 2.53 bits per heavy atom. The molecule has 0 radical (unpaired) electrons. The number of hydrogen-bond donors (Lipinski definition) is 1. The Morgan fingerprint density at radius 1 is 1.29 bits per heavy atom. The van der Waals surface area contributed by atoms with E-state index >= 15 is 0 Å². The molecular weight excluding hydrogens is 214 g/mol. The zero-order valence-corrected chi connectivity index (χ0v) is 11.6. The van der Waals surface area contributed by atoms with Gasteiger partial charge in [-0.05, 0) is 46.2 Å². The van der Waals surface area contributed by atoms with Gasteiger partial charge in [0.2, 0.25) is 0 Å². The average Bonchev–Trinajstić information content (AvgIpc) is 2.30. The van der Waals surface area contributed by atoms with Crippen molar-refractivity contribution in [2.24, 2.45) is 5.92 Å². The maximum absolute atomic E-state index is 11.7. The van der Waals surface area contributed by atoms with Crippen molar-refractivity contribution < 1.29 is 9.53 Å². The van der Waals surface area contributed by atoms with Gasteiger partial charge < -0.3 is 10.1 Å². The minimum atomic E-state index is -0.300. The number of unbranched alkanes of at least 4 members (excludes halogenated alkanes) is 2. The third kappa shape index (κ3) is 5.07. The molecular formula is C14H27NO2. The summed E-state index contributed by atoms with van der Waals surface area (Å²) in [4.78, 5) is 11.7. The highest BCUT2D eigenvalue weighted by molar-refractivity contribution is 5.69. The first-order valence-corrected chi connectivity index (χ1v) is 6.99. The zero-order valence-electron chi connectivity index (χ0n) is 11.6. The topological polar surface area (TPSA) is 38.3 Å². The Hall–Kier alpha value is -0.570. The number of carbonyl (C=O) groups excluding carboxylic acids is 1. The molecule has 0 aromatic carbocycles. The number of esters is 1. The van der Waals surface area contributed by atoms with E-state index in [1.54, 1.807) is 0 Å². The van der Waals surface area contributed by atoms with Gasteiger partial charge in [-0.15, -0.1) is 0 Å². The van der Waals surface area contributed by atoms with E-state index in [1.807, 2.05) is 0 Å². The molecule has 3 heteroatoms. The Labute approximate surface area is 105 Å². The predicted octanol–water partition coefficient (Wildman–Crippen LogP) is 2.89. The quantitative estimate of drug-likeness (QED) is 0.574. The van der Waals surface area contributed by atoms with Crippen LogP contribution in [0.4, 0.5) is 0 Å². The summed E-state index contributed by atoms with van der Waals surface area (Å²) in [5, 5.41) is 3.34. The number of nitrogens with one attached hydrogen (secondary N) is 1. The van der Waals surface area contributed by atoms with E-state index in [9.17, 15) is 4.79 Å². The first-order chi connectivity index (χ1) is 8.06. The van der Waals surface area contributed by atoms with E-state index in [2.05, 4.69) is 26.1 Å². The largest absolute Gasteiger partial charge is 0.459 e. The second kappa shape index (κ2) is 7.00. The van der Waals surface area contributed by atoms with Crippen LogP contribution in [0.25, 0.3) is 0 Å². The summed E-state index contributed by atoms with van der Waals surface area (Å²) < 4.78 is 5.66. The van der Waals surface area contributed by atoms with Crippen LogP contribution in [0.2, 0.25) is 0 Å². The fourth-order valence-electron chi connectivity index (χ4n) is 2.46. The van der Waals surface area contributed by atoms with Crippen LogP contribution < -0.4 is 5.32 Å². The van der Waals surface area contributed by atoms with Gasteiger partial charge in [-0.3, -0.25) is 4.79 Å². The van der Waals surface area contributed by atoms with Crippen molar-refractivity contribution in [2.75, 3.05) is 13.1 Å². The molecule has 0 spiro atoms. The molecule has 17 heavy (non-hydrogen) atoms. The predicted molar refractivity (Wildman–Crippen MR) is 69.9 cm³/mol. The fourth-order valence-corrected chi connectivity index (χ4v) is 2.46. The number of carbonyl (C=O) groups is 1. The highest BCUT2D eigenvalue weighted by atomic mass is 16.6. The van der Waals surface area contributed by atoms with Crippen LogP contribution in [0.5, 0.6) is 0 Å². The fraction of sp³-hybridized carbons (Fsp3) is 0.929.